The van der Waals surface area contributed by atoms with E-state index in [2.05, 4.69) is 36.3 Å². The molecular weight excluding hydrogens is 288 g/mol. The number of benzene rings is 1. The van der Waals surface area contributed by atoms with Crippen molar-refractivity contribution in [2.24, 2.45) is 0 Å². The summed E-state index contributed by atoms with van der Waals surface area (Å²) in [5, 5.41) is 3.96. The fraction of sp³-hybridized carbons (Fsp3) is 0.474. The molecule has 0 radical (unpaired) electrons. The van der Waals surface area contributed by atoms with Crippen LogP contribution in [0.5, 0.6) is 0 Å². The summed E-state index contributed by atoms with van der Waals surface area (Å²) in [6.45, 7) is 6.79. The van der Waals surface area contributed by atoms with E-state index in [0.717, 1.165) is 36.4 Å². The lowest BCUT2D eigenvalue weighted by molar-refractivity contribution is -0.132. The highest BCUT2D eigenvalue weighted by molar-refractivity contribution is 5.77. The van der Waals surface area contributed by atoms with Crippen LogP contribution in [0, 0.1) is 20.8 Å². The number of nitrogens with zero attached hydrogens (tertiary/aromatic N) is 2. The summed E-state index contributed by atoms with van der Waals surface area (Å²) in [6.07, 6.45) is 3.36. The summed E-state index contributed by atoms with van der Waals surface area (Å²) in [4.78, 5) is 14.7. The van der Waals surface area contributed by atoms with Crippen molar-refractivity contribution in [3.63, 3.8) is 0 Å². The van der Waals surface area contributed by atoms with E-state index in [0.29, 0.717) is 12.8 Å². The molecule has 23 heavy (non-hydrogen) atoms. The lowest BCUT2D eigenvalue weighted by Crippen LogP contribution is -2.30. The zero-order chi connectivity index (χ0) is 16.4. The Bertz CT molecular complexity index is 668. The van der Waals surface area contributed by atoms with Crippen LogP contribution in [0.3, 0.4) is 0 Å². The van der Waals surface area contributed by atoms with Crippen molar-refractivity contribution < 1.29 is 9.32 Å². The van der Waals surface area contributed by atoms with Gasteiger partial charge in [0.1, 0.15) is 5.76 Å². The molecule has 3 rings (SSSR count). The molecule has 1 amide bonds. The third-order valence-corrected chi connectivity index (χ3v) is 4.81. The van der Waals surface area contributed by atoms with Crippen LogP contribution in [-0.2, 0) is 11.2 Å². The summed E-state index contributed by atoms with van der Waals surface area (Å²) >= 11 is 0. The molecule has 0 spiro atoms. The average molecular weight is 312 g/mol. The van der Waals surface area contributed by atoms with Crippen LogP contribution in [-0.4, -0.2) is 22.5 Å². The Kier molecular flexibility index (Phi) is 4.51. The van der Waals surface area contributed by atoms with Gasteiger partial charge in [-0.15, -0.1) is 0 Å². The van der Waals surface area contributed by atoms with E-state index in [9.17, 15) is 4.79 Å². The lowest BCUT2D eigenvalue weighted by atomic mass is 10.0. The largest absolute Gasteiger partial charge is 0.361 e. The fourth-order valence-corrected chi connectivity index (χ4v) is 3.43. The number of hydrogen-bond donors (Lipinski definition) is 0. The molecule has 1 aliphatic rings. The smallest absolute Gasteiger partial charge is 0.223 e. The number of amides is 1. The van der Waals surface area contributed by atoms with Crippen molar-refractivity contribution in [1.82, 2.24) is 10.1 Å². The van der Waals surface area contributed by atoms with Gasteiger partial charge < -0.3 is 9.42 Å². The van der Waals surface area contributed by atoms with Gasteiger partial charge in [0.2, 0.25) is 5.91 Å². The molecule has 0 N–H and O–H groups in total. The van der Waals surface area contributed by atoms with E-state index in [4.69, 9.17) is 4.52 Å². The summed E-state index contributed by atoms with van der Waals surface area (Å²) < 4.78 is 5.18. The van der Waals surface area contributed by atoms with Crippen molar-refractivity contribution in [2.45, 2.75) is 52.5 Å². The molecule has 4 nitrogen and oxygen atoms in total. The van der Waals surface area contributed by atoms with Crippen LogP contribution >= 0.6 is 0 Å². The van der Waals surface area contributed by atoms with Crippen LogP contribution in [0.25, 0.3) is 0 Å². The van der Waals surface area contributed by atoms with E-state index in [1.807, 2.05) is 18.7 Å². The Morgan fingerprint density at radius 2 is 2.00 bits per heavy atom. The monoisotopic (exact) mass is 312 g/mol. The van der Waals surface area contributed by atoms with Gasteiger partial charge in [-0.05, 0) is 45.6 Å². The number of carbonyl (C=O) groups is 1. The predicted molar refractivity (Wildman–Crippen MR) is 89.2 cm³/mol. The molecule has 1 aliphatic heterocycles. The van der Waals surface area contributed by atoms with Crippen molar-refractivity contribution in [3.05, 3.63) is 52.4 Å². The number of aromatic nitrogens is 1. The highest BCUT2D eigenvalue weighted by Gasteiger charge is 2.29. The summed E-state index contributed by atoms with van der Waals surface area (Å²) in [5.74, 6) is 1.06. The van der Waals surface area contributed by atoms with Gasteiger partial charge >= 0.3 is 0 Å². The van der Waals surface area contributed by atoms with E-state index in [1.165, 1.54) is 11.1 Å². The Morgan fingerprint density at radius 3 is 2.65 bits per heavy atom. The molecule has 1 unspecified atom stereocenters. The Hall–Kier alpha value is -2.10. The summed E-state index contributed by atoms with van der Waals surface area (Å²) in [7, 11) is 0. The Balaban J connectivity index is 1.67. The van der Waals surface area contributed by atoms with Gasteiger partial charge in [0.05, 0.1) is 11.7 Å². The molecule has 0 saturated carbocycles. The maximum absolute atomic E-state index is 12.7. The van der Waals surface area contributed by atoms with E-state index >= 15 is 0 Å². The molecule has 1 saturated heterocycles. The summed E-state index contributed by atoms with van der Waals surface area (Å²) in [6, 6.07) is 8.79. The highest BCUT2D eigenvalue weighted by Crippen LogP contribution is 2.32. The molecule has 1 atom stereocenters. The van der Waals surface area contributed by atoms with Gasteiger partial charge in [0.25, 0.3) is 0 Å². The number of rotatable bonds is 4. The average Bonchev–Trinajstić information content (AvgIpc) is 3.14. The van der Waals surface area contributed by atoms with Crippen LogP contribution in [0.15, 0.2) is 28.8 Å². The molecule has 1 aromatic carbocycles. The van der Waals surface area contributed by atoms with Gasteiger partial charge in [-0.2, -0.15) is 0 Å². The van der Waals surface area contributed by atoms with Crippen molar-refractivity contribution in [3.8, 4) is 0 Å². The van der Waals surface area contributed by atoms with E-state index in [1.54, 1.807) is 0 Å². The van der Waals surface area contributed by atoms with Gasteiger partial charge in [-0.25, -0.2) is 0 Å². The van der Waals surface area contributed by atoms with Crippen molar-refractivity contribution in [1.29, 1.82) is 0 Å². The Labute approximate surface area is 137 Å². The first-order valence-electron chi connectivity index (χ1n) is 8.34. The SMILES string of the molecule is Cc1ccc(C2CCCN2C(=O)CCc2c(C)noc2C)cc1. The standard InChI is InChI=1S/C19H24N2O2/c1-13-6-8-16(9-7-13)18-5-4-12-21(18)19(22)11-10-17-14(2)20-23-15(17)3/h6-9,18H,4-5,10-12H2,1-3H3. The second kappa shape index (κ2) is 6.57. The zero-order valence-electron chi connectivity index (χ0n) is 14.1. The first-order valence-corrected chi connectivity index (χ1v) is 8.34. The number of carbonyl (C=O) groups excluding carboxylic acids is 1. The molecule has 1 aromatic heterocycles. The molecule has 122 valence electrons. The van der Waals surface area contributed by atoms with E-state index < -0.39 is 0 Å². The topological polar surface area (TPSA) is 46.3 Å². The minimum atomic E-state index is 0.229. The number of hydrogen-bond acceptors (Lipinski definition) is 3. The van der Waals surface area contributed by atoms with Gasteiger partial charge in [0, 0.05) is 18.5 Å². The third kappa shape index (κ3) is 3.31. The third-order valence-electron chi connectivity index (χ3n) is 4.81. The fourth-order valence-electron chi connectivity index (χ4n) is 3.43. The molecule has 2 heterocycles. The number of likely N-dealkylation sites (tertiary alicyclic amines) is 1. The second-order valence-corrected chi connectivity index (χ2v) is 6.46. The molecular formula is C19H24N2O2. The van der Waals surface area contributed by atoms with Crippen LogP contribution in [0.2, 0.25) is 0 Å². The molecule has 4 heteroatoms. The summed E-state index contributed by atoms with van der Waals surface area (Å²) in [5.41, 5.74) is 4.47. The predicted octanol–water partition coefficient (Wildman–Crippen LogP) is 3.90. The number of aryl methyl sites for hydroxylation is 3. The lowest BCUT2D eigenvalue weighted by Gasteiger charge is -2.25. The second-order valence-electron chi connectivity index (χ2n) is 6.46. The van der Waals surface area contributed by atoms with Gasteiger partial charge in [-0.1, -0.05) is 35.0 Å². The minimum Gasteiger partial charge on any atom is -0.361 e. The minimum absolute atomic E-state index is 0.229. The maximum atomic E-state index is 12.7. The first-order chi connectivity index (χ1) is 11.1. The van der Waals surface area contributed by atoms with Gasteiger partial charge in [0.15, 0.2) is 0 Å². The molecule has 0 bridgehead atoms. The Morgan fingerprint density at radius 1 is 1.26 bits per heavy atom. The molecule has 0 aliphatic carbocycles. The zero-order valence-corrected chi connectivity index (χ0v) is 14.1. The molecule has 2 aromatic rings. The van der Waals surface area contributed by atoms with Crippen molar-refractivity contribution >= 4 is 5.91 Å². The first kappa shape index (κ1) is 15.8. The highest BCUT2D eigenvalue weighted by atomic mass is 16.5. The molecule has 1 fully saturated rings. The van der Waals surface area contributed by atoms with Crippen LogP contribution in [0.4, 0.5) is 0 Å². The van der Waals surface area contributed by atoms with Crippen molar-refractivity contribution in [2.75, 3.05) is 6.54 Å². The van der Waals surface area contributed by atoms with Crippen LogP contribution in [0.1, 0.15) is 53.4 Å². The quantitative estimate of drug-likeness (QED) is 0.860. The normalized spacial score (nSPS) is 17.7. The van der Waals surface area contributed by atoms with Crippen LogP contribution < -0.4 is 0 Å². The maximum Gasteiger partial charge on any atom is 0.223 e. The van der Waals surface area contributed by atoms with E-state index in [-0.39, 0.29) is 11.9 Å². The van der Waals surface area contributed by atoms with Gasteiger partial charge in [-0.3, -0.25) is 4.79 Å².